The molecule has 34 heavy (non-hydrogen) atoms. The maximum atomic E-state index is 13.4. The Balaban J connectivity index is 1.37. The molecule has 0 unspecified atom stereocenters. The van der Waals surface area contributed by atoms with Crippen LogP contribution in [0.15, 0.2) is 42.5 Å². The molecule has 3 aliphatic rings. The Bertz CT molecular complexity index is 1100. The fourth-order valence-corrected chi connectivity index (χ4v) is 5.31. The van der Waals surface area contributed by atoms with Gasteiger partial charge < -0.3 is 24.6 Å². The molecule has 3 heterocycles. The Kier molecular flexibility index (Phi) is 6.46. The van der Waals surface area contributed by atoms with Gasteiger partial charge >= 0.3 is 0 Å². The summed E-state index contributed by atoms with van der Waals surface area (Å²) in [6, 6.07) is 13.6. The zero-order chi connectivity index (χ0) is 23.7. The number of fused-ring (bicyclic) bond motifs is 2. The number of ether oxygens (including phenoxy) is 2. The Morgan fingerprint density at radius 3 is 2.65 bits per heavy atom. The first-order chi connectivity index (χ1) is 16.5. The molecule has 0 bridgehead atoms. The predicted octanol–water partition coefficient (Wildman–Crippen LogP) is 2.21. The lowest BCUT2D eigenvalue weighted by Crippen LogP contribution is -2.67. The minimum Gasteiger partial charge on any atom is -0.454 e. The van der Waals surface area contributed by atoms with Gasteiger partial charge in [0.25, 0.3) is 5.91 Å². The van der Waals surface area contributed by atoms with Crippen LogP contribution in [0.1, 0.15) is 47.2 Å². The number of nitrogens with zero attached hydrogens (tertiary/aromatic N) is 2. The molecule has 5 rings (SSSR count). The lowest BCUT2D eigenvalue weighted by atomic mass is 9.74. The van der Waals surface area contributed by atoms with Crippen molar-refractivity contribution in [3.8, 4) is 23.3 Å². The van der Waals surface area contributed by atoms with Crippen LogP contribution in [-0.2, 0) is 0 Å². The standard InChI is InChI=1S/C27H30N2O5/c1-18(31)4-5-19-6-8-20(9-7-19)26-22-15-28(12-2-3-13-29(22)23(26)16-30)27(32)21-10-11-24-25(14-21)34-17-33-24/h6-11,14,18,22-23,26,30-31H,2-3,12-13,15-17H2,1H3/t18-,22-,23-,26+/m0/s1. The van der Waals surface area contributed by atoms with E-state index in [1.165, 1.54) is 0 Å². The lowest BCUT2D eigenvalue weighted by Gasteiger charge is -2.57. The summed E-state index contributed by atoms with van der Waals surface area (Å²) in [5.74, 6) is 7.15. The molecule has 0 spiro atoms. The van der Waals surface area contributed by atoms with Crippen molar-refractivity contribution < 1.29 is 24.5 Å². The van der Waals surface area contributed by atoms with E-state index in [4.69, 9.17) is 9.47 Å². The second-order valence-corrected chi connectivity index (χ2v) is 9.17. The van der Waals surface area contributed by atoms with Crippen LogP contribution in [0.3, 0.4) is 0 Å². The molecule has 3 aliphatic heterocycles. The first-order valence-corrected chi connectivity index (χ1v) is 11.9. The summed E-state index contributed by atoms with van der Waals surface area (Å²) in [6.07, 6.45) is 1.25. The molecule has 1 amide bonds. The summed E-state index contributed by atoms with van der Waals surface area (Å²) < 4.78 is 10.8. The van der Waals surface area contributed by atoms with Crippen molar-refractivity contribution in [3.63, 3.8) is 0 Å². The predicted molar refractivity (Wildman–Crippen MR) is 127 cm³/mol. The van der Waals surface area contributed by atoms with Gasteiger partial charge in [0.15, 0.2) is 11.5 Å². The summed E-state index contributed by atoms with van der Waals surface area (Å²) in [6.45, 7) is 4.15. The molecule has 4 atom stereocenters. The van der Waals surface area contributed by atoms with Gasteiger partial charge in [-0.05, 0) is 62.2 Å². The van der Waals surface area contributed by atoms with Crippen LogP contribution in [0.2, 0.25) is 0 Å². The summed E-state index contributed by atoms with van der Waals surface area (Å²) in [5.41, 5.74) is 2.59. The van der Waals surface area contributed by atoms with Crippen molar-refractivity contribution in [2.45, 2.75) is 43.9 Å². The number of carbonyl (C=O) groups excluding carboxylic acids is 1. The zero-order valence-electron chi connectivity index (χ0n) is 19.3. The molecule has 7 nitrogen and oxygen atoms in total. The third-order valence-corrected chi connectivity index (χ3v) is 7.00. The van der Waals surface area contributed by atoms with Crippen LogP contribution in [-0.4, -0.2) is 77.1 Å². The van der Waals surface area contributed by atoms with Crippen LogP contribution in [0.5, 0.6) is 11.5 Å². The molecule has 2 saturated heterocycles. The van der Waals surface area contributed by atoms with E-state index in [9.17, 15) is 15.0 Å². The summed E-state index contributed by atoms with van der Waals surface area (Å²) in [7, 11) is 0. The molecule has 2 fully saturated rings. The number of amides is 1. The average molecular weight is 463 g/mol. The molecule has 0 aromatic heterocycles. The van der Waals surface area contributed by atoms with E-state index in [2.05, 4.69) is 28.9 Å². The normalized spacial score (nSPS) is 24.7. The Morgan fingerprint density at radius 1 is 1.12 bits per heavy atom. The SMILES string of the molecule is C[C@H](O)C#Cc1ccc([C@H]2[C@H](CO)N3CCCCN(C(=O)c4ccc5c(c4)OCO5)C[C@@H]23)cc1. The first kappa shape index (κ1) is 22.7. The van der Waals surface area contributed by atoms with E-state index in [0.29, 0.717) is 30.2 Å². The van der Waals surface area contributed by atoms with Crippen molar-refractivity contribution in [2.24, 2.45) is 0 Å². The molecule has 2 aromatic rings. The third-order valence-electron chi connectivity index (χ3n) is 7.00. The molecule has 2 aromatic carbocycles. The molecule has 0 aliphatic carbocycles. The van der Waals surface area contributed by atoms with Gasteiger partial charge in [0.1, 0.15) is 6.10 Å². The fourth-order valence-electron chi connectivity index (χ4n) is 5.31. The fraction of sp³-hybridized carbons (Fsp3) is 0.444. The summed E-state index contributed by atoms with van der Waals surface area (Å²) >= 11 is 0. The van der Waals surface area contributed by atoms with Crippen LogP contribution in [0.25, 0.3) is 0 Å². The minimum atomic E-state index is -0.665. The molecule has 178 valence electrons. The number of carbonyl (C=O) groups is 1. The lowest BCUT2D eigenvalue weighted by molar-refractivity contribution is -0.0606. The van der Waals surface area contributed by atoms with E-state index in [1.807, 2.05) is 17.0 Å². The highest BCUT2D eigenvalue weighted by atomic mass is 16.7. The highest BCUT2D eigenvalue weighted by Gasteiger charge is 2.49. The van der Waals surface area contributed by atoms with Gasteiger partial charge in [-0.3, -0.25) is 9.69 Å². The quantitative estimate of drug-likeness (QED) is 0.681. The second-order valence-electron chi connectivity index (χ2n) is 9.17. The van der Waals surface area contributed by atoms with Crippen molar-refractivity contribution >= 4 is 5.91 Å². The maximum absolute atomic E-state index is 13.4. The second kappa shape index (κ2) is 9.67. The smallest absolute Gasteiger partial charge is 0.254 e. The van der Waals surface area contributed by atoms with E-state index in [-0.39, 0.29) is 37.3 Å². The Morgan fingerprint density at radius 2 is 1.88 bits per heavy atom. The van der Waals surface area contributed by atoms with E-state index >= 15 is 0 Å². The Labute approximate surface area is 199 Å². The molecule has 0 radical (unpaired) electrons. The zero-order valence-corrected chi connectivity index (χ0v) is 19.3. The van der Waals surface area contributed by atoms with E-state index in [1.54, 1.807) is 25.1 Å². The molecule has 0 saturated carbocycles. The Hall–Kier alpha value is -3.05. The minimum absolute atomic E-state index is 0.00454. The van der Waals surface area contributed by atoms with Gasteiger partial charge in [-0.15, -0.1) is 0 Å². The van der Waals surface area contributed by atoms with Gasteiger partial charge in [-0.2, -0.15) is 0 Å². The van der Waals surface area contributed by atoms with Crippen molar-refractivity contribution in [3.05, 3.63) is 59.2 Å². The first-order valence-electron chi connectivity index (χ1n) is 11.9. The van der Waals surface area contributed by atoms with Crippen molar-refractivity contribution in [1.29, 1.82) is 0 Å². The van der Waals surface area contributed by atoms with Crippen LogP contribution in [0, 0.1) is 11.8 Å². The number of benzene rings is 2. The number of aliphatic hydroxyl groups excluding tert-OH is 2. The van der Waals surface area contributed by atoms with Gasteiger partial charge in [0, 0.05) is 42.2 Å². The summed E-state index contributed by atoms with van der Waals surface area (Å²) in [5, 5.41) is 19.6. The van der Waals surface area contributed by atoms with E-state index < -0.39 is 6.10 Å². The highest BCUT2D eigenvalue weighted by Crippen LogP contribution is 2.42. The topological polar surface area (TPSA) is 82.5 Å². The monoisotopic (exact) mass is 462 g/mol. The maximum Gasteiger partial charge on any atom is 0.254 e. The highest BCUT2D eigenvalue weighted by molar-refractivity contribution is 5.95. The van der Waals surface area contributed by atoms with Gasteiger partial charge in [0.05, 0.1) is 6.61 Å². The van der Waals surface area contributed by atoms with Gasteiger partial charge in [0.2, 0.25) is 6.79 Å². The number of hydrogen-bond donors (Lipinski definition) is 2. The number of rotatable bonds is 3. The molecule has 7 heteroatoms. The summed E-state index contributed by atoms with van der Waals surface area (Å²) in [4.78, 5) is 17.7. The molecule has 2 N–H and O–H groups in total. The third kappa shape index (κ3) is 4.37. The van der Waals surface area contributed by atoms with Crippen LogP contribution in [0.4, 0.5) is 0 Å². The average Bonchev–Trinajstić information content (AvgIpc) is 3.30. The van der Waals surface area contributed by atoms with Gasteiger partial charge in [-0.1, -0.05) is 24.0 Å². The molecular weight excluding hydrogens is 432 g/mol. The van der Waals surface area contributed by atoms with Crippen molar-refractivity contribution in [1.82, 2.24) is 9.80 Å². The van der Waals surface area contributed by atoms with Gasteiger partial charge in [-0.25, -0.2) is 0 Å². The number of hydrogen-bond acceptors (Lipinski definition) is 6. The van der Waals surface area contributed by atoms with Crippen LogP contribution < -0.4 is 9.47 Å². The van der Waals surface area contributed by atoms with Crippen LogP contribution >= 0.6 is 0 Å². The number of aliphatic hydroxyl groups is 2. The van der Waals surface area contributed by atoms with E-state index in [0.717, 1.165) is 30.5 Å². The largest absolute Gasteiger partial charge is 0.454 e. The molecular formula is C27H30N2O5. The van der Waals surface area contributed by atoms with Crippen molar-refractivity contribution in [2.75, 3.05) is 33.0 Å².